The van der Waals surface area contributed by atoms with Gasteiger partial charge in [0.25, 0.3) is 5.91 Å². The Kier molecular flexibility index (Phi) is 5.26. The van der Waals surface area contributed by atoms with Gasteiger partial charge in [-0.15, -0.1) is 0 Å². The average molecular weight is 375 g/mol. The van der Waals surface area contributed by atoms with E-state index in [1.807, 2.05) is 18.2 Å². The van der Waals surface area contributed by atoms with Crippen LogP contribution in [0.2, 0.25) is 0 Å². The fraction of sp³-hybridized carbons (Fsp3) is 0.304. The highest BCUT2D eigenvalue weighted by molar-refractivity contribution is 5.97. The lowest BCUT2D eigenvalue weighted by Crippen LogP contribution is -2.45. The summed E-state index contributed by atoms with van der Waals surface area (Å²) < 4.78 is 0. The molecule has 0 spiro atoms. The smallest absolute Gasteiger partial charge is 0.256 e. The molecule has 28 heavy (non-hydrogen) atoms. The van der Waals surface area contributed by atoms with Crippen molar-refractivity contribution in [1.82, 2.24) is 15.2 Å². The molecular weight excluding hydrogens is 350 g/mol. The van der Waals surface area contributed by atoms with Crippen molar-refractivity contribution < 1.29 is 4.79 Å². The van der Waals surface area contributed by atoms with Crippen LogP contribution < -0.4 is 10.7 Å². The molecular formula is C23H25N3O2. The zero-order valence-corrected chi connectivity index (χ0v) is 16.1. The number of likely N-dealkylation sites (tertiary alicyclic amines) is 1. The molecule has 2 heterocycles. The lowest BCUT2D eigenvalue weighted by Gasteiger charge is -2.32. The summed E-state index contributed by atoms with van der Waals surface area (Å²) in [5.74, 6) is -0.288. The number of aryl methyl sites for hydroxylation is 1. The van der Waals surface area contributed by atoms with E-state index in [0.29, 0.717) is 5.39 Å². The molecule has 0 saturated carbocycles. The number of aromatic nitrogens is 1. The average Bonchev–Trinajstić information content (AvgIpc) is 2.70. The van der Waals surface area contributed by atoms with Gasteiger partial charge in [-0.1, -0.05) is 42.0 Å². The summed E-state index contributed by atoms with van der Waals surface area (Å²) in [6.07, 6.45) is 3.30. The van der Waals surface area contributed by atoms with Crippen LogP contribution in [0.1, 0.15) is 34.3 Å². The van der Waals surface area contributed by atoms with E-state index in [2.05, 4.69) is 46.4 Å². The van der Waals surface area contributed by atoms with Gasteiger partial charge < -0.3 is 10.3 Å². The maximum absolute atomic E-state index is 12.6. The Hall–Kier alpha value is -2.92. The second kappa shape index (κ2) is 7.98. The molecule has 1 amide bonds. The first-order valence-corrected chi connectivity index (χ1v) is 9.79. The van der Waals surface area contributed by atoms with Crippen LogP contribution in [0.25, 0.3) is 10.9 Å². The number of aromatic amines is 1. The van der Waals surface area contributed by atoms with Gasteiger partial charge in [-0.05, 0) is 37.5 Å². The van der Waals surface area contributed by atoms with E-state index in [9.17, 15) is 9.59 Å². The number of nitrogens with zero attached hydrogens (tertiary/aromatic N) is 1. The first-order chi connectivity index (χ1) is 13.6. The molecule has 1 saturated heterocycles. The summed E-state index contributed by atoms with van der Waals surface area (Å²) >= 11 is 0. The Morgan fingerprint density at radius 1 is 1.14 bits per heavy atom. The number of pyridine rings is 1. The molecule has 5 heteroatoms. The zero-order chi connectivity index (χ0) is 19.5. The quantitative estimate of drug-likeness (QED) is 0.736. The minimum Gasteiger partial charge on any atom is -0.360 e. The number of piperidine rings is 1. The molecule has 1 aliphatic rings. The number of H-pyrrole nitrogens is 1. The van der Waals surface area contributed by atoms with Crippen molar-refractivity contribution in [2.45, 2.75) is 32.4 Å². The molecule has 2 aromatic carbocycles. The fourth-order valence-corrected chi connectivity index (χ4v) is 3.90. The molecule has 1 aromatic heterocycles. The third-order valence-electron chi connectivity index (χ3n) is 5.44. The van der Waals surface area contributed by atoms with Gasteiger partial charge in [0.2, 0.25) is 5.43 Å². The van der Waals surface area contributed by atoms with Crippen molar-refractivity contribution in [2.75, 3.05) is 13.1 Å². The fourth-order valence-electron chi connectivity index (χ4n) is 3.90. The van der Waals surface area contributed by atoms with Crippen LogP contribution in [-0.4, -0.2) is 34.9 Å². The Bertz CT molecular complexity index is 1050. The van der Waals surface area contributed by atoms with Gasteiger partial charge >= 0.3 is 0 Å². The molecule has 1 fully saturated rings. The van der Waals surface area contributed by atoms with Crippen LogP contribution in [0.3, 0.4) is 0 Å². The molecule has 1 aliphatic heterocycles. The molecule has 5 nitrogen and oxygen atoms in total. The minimum absolute atomic E-state index is 0.104. The first kappa shape index (κ1) is 18.4. The van der Waals surface area contributed by atoms with Crippen LogP contribution >= 0.6 is 0 Å². The highest BCUT2D eigenvalue weighted by Gasteiger charge is 2.22. The Labute approximate surface area is 164 Å². The van der Waals surface area contributed by atoms with Crippen molar-refractivity contribution in [3.05, 3.63) is 81.6 Å². The molecule has 2 N–H and O–H groups in total. The Balaban J connectivity index is 1.36. The summed E-state index contributed by atoms with van der Waals surface area (Å²) in [6, 6.07) is 15.9. The summed E-state index contributed by atoms with van der Waals surface area (Å²) in [5, 5.41) is 3.59. The zero-order valence-electron chi connectivity index (χ0n) is 16.1. The van der Waals surface area contributed by atoms with Crippen LogP contribution in [0, 0.1) is 6.92 Å². The van der Waals surface area contributed by atoms with Crippen molar-refractivity contribution in [2.24, 2.45) is 0 Å². The number of rotatable bonds is 4. The topological polar surface area (TPSA) is 65.2 Å². The number of hydrogen-bond donors (Lipinski definition) is 2. The molecule has 0 bridgehead atoms. The lowest BCUT2D eigenvalue weighted by molar-refractivity contribution is 0.0907. The van der Waals surface area contributed by atoms with Gasteiger partial charge in [0.1, 0.15) is 5.56 Å². The predicted octanol–water partition coefficient (Wildman–Crippen LogP) is 3.23. The van der Waals surface area contributed by atoms with Crippen molar-refractivity contribution in [3.8, 4) is 0 Å². The minimum atomic E-state index is -0.288. The number of carbonyl (C=O) groups is 1. The highest BCUT2D eigenvalue weighted by atomic mass is 16.2. The normalized spacial score (nSPS) is 15.6. The van der Waals surface area contributed by atoms with E-state index in [-0.39, 0.29) is 22.9 Å². The van der Waals surface area contributed by atoms with Gasteiger partial charge in [0.15, 0.2) is 0 Å². The predicted molar refractivity (Wildman–Crippen MR) is 112 cm³/mol. The van der Waals surface area contributed by atoms with Crippen LogP contribution in [0.4, 0.5) is 0 Å². The van der Waals surface area contributed by atoms with Crippen molar-refractivity contribution in [1.29, 1.82) is 0 Å². The Morgan fingerprint density at radius 2 is 1.93 bits per heavy atom. The summed E-state index contributed by atoms with van der Waals surface area (Å²) in [4.78, 5) is 30.7. The van der Waals surface area contributed by atoms with Gasteiger partial charge in [0, 0.05) is 42.8 Å². The SMILES string of the molecule is Cc1cccc(CN2CCC(NC(=O)c3c[nH]c4ccccc4c3=O)CC2)c1. The standard InChI is InChI=1S/C23H25N3O2/c1-16-5-4-6-17(13-16)15-26-11-9-18(10-12-26)25-23(28)20-14-24-21-8-3-2-7-19(21)22(20)27/h2-8,13-14,18H,9-12,15H2,1H3,(H,24,27)(H,25,28). The van der Waals surface area contributed by atoms with E-state index in [4.69, 9.17) is 0 Å². The number of benzene rings is 2. The monoisotopic (exact) mass is 375 g/mol. The summed E-state index contributed by atoms with van der Waals surface area (Å²) in [7, 11) is 0. The van der Waals surface area contributed by atoms with E-state index in [1.54, 1.807) is 6.07 Å². The number of nitrogens with one attached hydrogen (secondary N) is 2. The van der Waals surface area contributed by atoms with Crippen molar-refractivity contribution >= 4 is 16.8 Å². The summed E-state index contributed by atoms with van der Waals surface area (Å²) in [5.41, 5.74) is 3.31. The second-order valence-electron chi connectivity index (χ2n) is 7.59. The second-order valence-corrected chi connectivity index (χ2v) is 7.59. The lowest BCUT2D eigenvalue weighted by atomic mass is 10.0. The molecule has 0 radical (unpaired) electrons. The van der Waals surface area contributed by atoms with Crippen molar-refractivity contribution in [3.63, 3.8) is 0 Å². The Morgan fingerprint density at radius 3 is 2.71 bits per heavy atom. The van der Waals surface area contributed by atoms with E-state index >= 15 is 0 Å². The summed E-state index contributed by atoms with van der Waals surface area (Å²) in [6.45, 7) is 4.92. The number of para-hydroxylation sites is 1. The van der Waals surface area contributed by atoms with Crippen LogP contribution in [0.15, 0.2) is 59.5 Å². The largest absolute Gasteiger partial charge is 0.360 e. The van der Waals surface area contributed by atoms with Gasteiger partial charge in [0.05, 0.1) is 0 Å². The molecule has 3 aromatic rings. The molecule has 0 unspecified atom stereocenters. The van der Waals surface area contributed by atoms with Crippen LogP contribution in [0.5, 0.6) is 0 Å². The highest BCUT2D eigenvalue weighted by Crippen LogP contribution is 2.15. The maximum atomic E-state index is 12.6. The number of carbonyl (C=O) groups excluding carboxylic acids is 1. The van der Waals surface area contributed by atoms with Crippen LogP contribution in [-0.2, 0) is 6.54 Å². The molecule has 4 rings (SSSR count). The van der Waals surface area contributed by atoms with E-state index < -0.39 is 0 Å². The molecule has 0 aliphatic carbocycles. The third-order valence-corrected chi connectivity index (χ3v) is 5.44. The van der Waals surface area contributed by atoms with E-state index in [1.165, 1.54) is 17.3 Å². The van der Waals surface area contributed by atoms with E-state index in [0.717, 1.165) is 38.0 Å². The van der Waals surface area contributed by atoms with Gasteiger partial charge in [-0.2, -0.15) is 0 Å². The first-order valence-electron chi connectivity index (χ1n) is 9.79. The van der Waals surface area contributed by atoms with Gasteiger partial charge in [-0.25, -0.2) is 0 Å². The third kappa shape index (κ3) is 3.99. The maximum Gasteiger partial charge on any atom is 0.256 e. The number of hydrogen-bond acceptors (Lipinski definition) is 3. The van der Waals surface area contributed by atoms with Gasteiger partial charge in [-0.3, -0.25) is 14.5 Å². The molecule has 144 valence electrons. The molecule has 0 atom stereocenters. The number of fused-ring (bicyclic) bond motifs is 1. The number of amides is 1.